The number of imidazole rings is 1. The number of nitrogens with zero attached hydrogens (tertiary/aromatic N) is 2. The van der Waals surface area contributed by atoms with E-state index in [0.29, 0.717) is 5.92 Å². The third-order valence-corrected chi connectivity index (χ3v) is 2.83. The maximum Gasteiger partial charge on any atom is 0.372 e. The molecule has 1 aliphatic rings. The highest BCUT2D eigenvalue weighted by molar-refractivity contribution is 5.83. The average Bonchev–Trinajstić information content (AvgIpc) is 2.43. The van der Waals surface area contributed by atoms with Gasteiger partial charge in [-0.3, -0.25) is 0 Å². The van der Waals surface area contributed by atoms with Crippen molar-refractivity contribution in [2.24, 2.45) is 5.92 Å². The van der Waals surface area contributed by atoms with E-state index in [-0.39, 0.29) is 5.82 Å². The predicted octanol–water partition coefficient (Wildman–Crippen LogP) is 1.47. The van der Waals surface area contributed by atoms with E-state index in [4.69, 9.17) is 5.11 Å². The van der Waals surface area contributed by atoms with Gasteiger partial charge in [-0.1, -0.05) is 6.92 Å². The minimum atomic E-state index is -0.923. The van der Waals surface area contributed by atoms with E-state index in [1.54, 1.807) is 0 Å². The summed E-state index contributed by atoms with van der Waals surface area (Å²) >= 11 is 0. The Morgan fingerprint density at radius 2 is 2.36 bits per heavy atom. The normalized spacial score (nSPS) is 20.6. The summed E-state index contributed by atoms with van der Waals surface area (Å²) in [6.07, 6.45) is 2.08. The summed E-state index contributed by atoms with van der Waals surface area (Å²) in [6.45, 7) is 4.82. The van der Waals surface area contributed by atoms with Crippen molar-refractivity contribution in [2.75, 3.05) is 0 Å². The number of carbonyl (C=O) groups is 1. The van der Waals surface area contributed by atoms with Gasteiger partial charge < -0.3 is 9.67 Å². The Kier molecular flexibility index (Phi) is 2.06. The van der Waals surface area contributed by atoms with E-state index in [1.807, 2.05) is 11.5 Å². The van der Waals surface area contributed by atoms with Crippen molar-refractivity contribution in [2.45, 2.75) is 33.2 Å². The zero-order valence-corrected chi connectivity index (χ0v) is 8.45. The lowest BCUT2D eigenvalue weighted by molar-refractivity contribution is 0.0675. The molecule has 1 unspecified atom stereocenters. The maximum atomic E-state index is 10.9. The molecule has 0 aromatic carbocycles. The molecule has 76 valence electrons. The number of hydrogen-bond donors (Lipinski definition) is 1. The van der Waals surface area contributed by atoms with Gasteiger partial charge >= 0.3 is 5.97 Å². The second-order valence-corrected chi connectivity index (χ2v) is 4.03. The van der Waals surface area contributed by atoms with Crippen LogP contribution in [0.15, 0.2) is 0 Å². The van der Waals surface area contributed by atoms with Crippen LogP contribution in [0.1, 0.15) is 35.4 Å². The van der Waals surface area contributed by atoms with Crippen molar-refractivity contribution >= 4 is 5.97 Å². The van der Waals surface area contributed by atoms with Gasteiger partial charge in [-0.25, -0.2) is 9.78 Å². The first kappa shape index (κ1) is 9.24. The molecule has 0 spiro atoms. The summed E-state index contributed by atoms with van der Waals surface area (Å²) in [5, 5.41) is 8.96. The van der Waals surface area contributed by atoms with Gasteiger partial charge in [-0.15, -0.1) is 0 Å². The lowest BCUT2D eigenvalue weighted by Gasteiger charge is -2.21. The van der Waals surface area contributed by atoms with E-state index in [0.717, 1.165) is 30.8 Å². The first-order chi connectivity index (χ1) is 6.59. The van der Waals surface area contributed by atoms with Crippen molar-refractivity contribution in [1.29, 1.82) is 0 Å². The summed E-state index contributed by atoms with van der Waals surface area (Å²) in [5.74, 6) is -0.174. The largest absolute Gasteiger partial charge is 0.475 e. The van der Waals surface area contributed by atoms with Crippen molar-refractivity contribution in [3.8, 4) is 0 Å². The van der Waals surface area contributed by atoms with Crippen LogP contribution in [0.3, 0.4) is 0 Å². The Bertz CT molecular complexity index is 382. The van der Waals surface area contributed by atoms with Crippen LogP contribution in [-0.4, -0.2) is 20.6 Å². The summed E-state index contributed by atoms with van der Waals surface area (Å²) in [7, 11) is 0. The summed E-state index contributed by atoms with van der Waals surface area (Å²) in [6, 6.07) is 0. The van der Waals surface area contributed by atoms with E-state index in [1.165, 1.54) is 0 Å². The molecule has 1 atom stereocenters. The highest BCUT2D eigenvalue weighted by atomic mass is 16.4. The molecule has 0 bridgehead atoms. The van der Waals surface area contributed by atoms with Crippen LogP contribution in [-0.2, 0) is 13.0 Å². The Labute approximate surface area is 82.6 Å². The fourth-order valence-electron chi connectivity index (χ4n) is 2.07. The number of rotatable bonds is 1. The molecule has 0 fully saturated rings. The Hall–Kier alpha value is -1.32. The molecule has 1 aliphatic heterocycles. The molecule has 4 nitrogen and oxygen atoms in total. The second kappa shape index (κ2) is 3.12. The molecule has 0 radical (unpaired) electrons. The van der Waals surface area contributed by atoms with Gasteiger partial charge in [0, 0.05) is 12.2 Å². The number of fused-ring (bicyclic) bond motifs is 1. The number of aromatic nitrogens is 2. The third-order valence-electron chi connectivity index (χ3n) is 2.83. The molecular formula is C10H14N2O2. The van der Waals surface area contributed by atoms with Gasteiger partial charge in [-0.2, -0.15) is 0 Å². The first-order valence-electron chi connectivity index (χ1n) is 4.89. The molecule has 0 saturated heterocycles. The van der Waals surface area contributed by atoms with E-state index < -0.39 is 5.97 Å². The monoisotopic (exact) mass is 194 g/mol. The summed E-state index contributed by atoms with van der Waals surface area (Å²) in [4.78, 5) is 15.0. The van der Waals surface area contributed by atoms with Crippen molar-refractivity contribution < 1.29 is 9.90 Å². The lowest BCUT2D eigenvalue weighted by atomic mass is 9.99. The smallest absolute Gasteiger partial charge is 0.372 e. The number of carboxylic acid groups (broad SMARTS) is 1. The number of carboxylic acids is 1. The van der Waals surface area contributed by atoms with Gasteiger partial charge in [0.2, 0.25) is 5.82 Å². The molecule has 0 amide bonds. The highest BCUT2D eigenvalue weighted by Crippen LogP contribution is 2.23. The molecule has 14 heavy (non-hydrogen) atoms. The van der Waals surface area contributed by atoms with Gasteiger partial charge in [0.1, 0.15) is 0 Å². The fraction of sp³-hybridized carbons (Fsp3) is 0.600. The summed E-state index contributed by atoms with van der Waals surface area (Å²) < 4.78 is 1.85. The van der Waals surface area contributed by atoms with Crippen LogP contribution >= 0.6 is 0 Å². The zero-order valence-electron chi connectivity index (χ0n) is 8.45. The van der Waals surface area contributed by atoms with Crippen molar-refractivity contribution in [3.63, 3.8) is 0 Å². The Balaban J connectivity index is 2.50. The molecule has 0 saturated carbocycles. The van der Waals surface area contributed by atoms with Crippen LogP contribution in [0.4, 0.5) is 0 Å². The number of aryl methyl sites for hydroxylation is 1. The SMILES string of the molecule is Cc1nc(C(=O)O)n2c1CCC(C)C2. The topological polar surface area (TPSA) is 55.1 Å². The quantitative estimate of drug-likeness (QED) is 0.736. The maximum absolute atomic E-state index is 10.9. The predicted molar refractivity (Wildman–Crippen MR) is 51.4 cm³/mol. The molecule has 0 aliphatic carbocycles. The van der Waals surface area contributed by atoms with Crippen LogP contribution in [0.5, 0.6) is 0 Å². The van der Waals surface area contributed by atoms with Crippen LogP contribution in [0, 0.1) is 12.8 Å². The average molecular weight is 194 g/mol. The van der Waals surface area contributed by atoms with Gasteiger partial charge in [0.05, 0.1) is 5.69 Å². The van der Waals surface area contributed by atoms with Gasteiger partial charge in [0.25, 0.3) is 0 Å². The Morgan fingerprint density at radius 1 is 1.64 bits per heavy atom. The molecule has 1 N–H and O–H groups in total. The van der Waals surface area contributed by atoms with Gasteiger partial charge in [0.15, 0.2) is 0 Å². The number of aromatic carboxylic acids is 1. The molecule has 2 heterocycles. The molecule has 1 aromatic heterocycles. The van der Waals surface area contributed by atoms with Crippen LogP contribution < -0.4 is 0 Å². The van der Waals surface area contributed by atoms with Gasteiger partial charge in [-0.05, 0) is 25.7 Å². The minimum absolute atomic E-state index is 0.198. The first-order valence-corrected chi connectivity index (χ1v) is 4.89. The fourth-order valence-corrected chi connectivity index (χ4v) is 2.07. The summed E-state index contributed by atoms with van der Waals surface area (Å²) in [5.41, 5.74) is 1.97. The molecule has 4 heteroatoms. The van der Waals surface area contributed by atoms with E-state index in [2.05, 4.69) is 11.9 Å². The van der Waals surface area contributed by atoms with Crippen molar-refractivity contribution in [1.82, 2.24) is 9.55 Å². The molecule has 2 rings (SSSR count). The lowest BCUT2D eigenvalue weighted by Crippen LogP contribution is -2.21. The zero-order chi connectivity index (χ0) is 10.3. The van der Waals surface area contributed by atoms with E-state index >= 15 is 0 Å². The van der Waals surface area contributed by atoms with Crippen molar-refractivity contribution in [3.05, 3.63) is 17.2 Å². The highest BCUT2D eigenvalue weighted by Gasteiger charge is 2.24. The Morgan fingerprint density at radius 3 is 3.00 bits per heavy atom. The molecule has 1 aromatic rings. The van der Waals surface area contributed by atoms with Crippen LogP contribution in [0.25, 0.3) is 0 Å². The van der Waals surface area contributed by atoms with Crippen LogP contribution in [0.2, 0.25) is 0 Å². The van der Waals surface area contributed by atoms with E-state index in [9.17, 15) is 4.79 Å². The second-order valence-electron chi connectivity index (χ2n) is 4.03. The third kappa shape index (κ3) is 1.31. The standard InChI is InChI=1S/C10H14N2O2/c1-6-3-4-8-7(2)11-9(10(13)14)12(8)5-6/h6H,3-5H2,1-2H3,(H,13,14). The minimum Gasteiger partial charge on any atom is -0.475 e. The number of hydrogen-bond acceptors (Lipinski definition) is 2. The molecular weight excluding hydrogens is 180 g/mol.